The van der Waals surface area contributed by atoms with Gasteiger partial charge in [-0.3, -0.25) is 9.59 Å². The van der Waals surface area contributed by atoms with Gasteiger partial charge in [-0.15, -0.1) is 11.8 Å². The maximum absolute atomic E-state index is 12.1. The smallest absolute Gasteiger partial charge is 0.283 e. The van der Waals surface area contributed by atoms with Gasteiger partial charge in [-0.1, -0.05) is 25.2 Å². The fourth-order valence-electron chi connectivity index (χ4n) is 3.34. The van der Waals surface area contributed by atoms with Crippen LogP contribution in [0.1, 0.15) is 26.2 Å². The Bertz CT molecular complexity index is 651. The minimum absolute atomic E-state index is 0.0304. The van der Waals surface area contributed by atoms with Crippen molar-refractivity contribution in [2.75, 3.05) is 26.2 Å². The van der Waals surface area contributed by atoms with Gasteiger partial charge in [-0.25, -0.2) is 4.99 Å². The second-order valence-corrected chi connectivity index (χ2v) is 8.01. The molecule has 3 aliphatic rings. The standard InChI is InChI=1S/C19H25N3O2S/c1-14-6-4-10-22(13-14)11-5-9-20-18(23)12-17-19(24)21-15-7-2-3-8-16(15)25-17/h2-3,7-8,12,14,16H,4-6,9-11,13H2,1H3,(H,20,23)/b17-12-. The van der Waals surface area contributed by atoms with Gasteiger partial charge in [0.05, 0.1) is 15.9 Å². The van der Waals surface area contributed by atoms with Crippen LogP contribution in [-0.2, 0) is 9.59 Å². The van der Waals surface area contributed by atoms with Crippen LogP contribution in [0.5, 0.6) is 0 Å². The predicted molar refractivity (Wildman–Crippen MR) is 103 cm³/mol. The summed E-state index contributed by atoms with van der Waals surface area (Å²) in [7, 11) is 0. The minimum Gasteiger partial charge on any atom is -0.352 e. The van der Waals surface area contributed by atoms with Crippen LogP contribution < -0.4 is 5.32 Å². The normalized spacial score (nSPS) is 28.0. The van der Waals surface area contributed by atoms with Gasteiger partial charge in [0.2, 0.25) is 5.91 Å². The zero-order chi connectivity index (χ0) is 17.6. The molecule has 1 aliphatic carbocycles. The molecule has 0 saturated carbocycles. The number of allylic oxidation sites excluding steroid dienone is 3. The van der Waals surface area contributed by atoms with E-state index in [2.05, 4.69) is 22.1 Å². The Kier molecular flexibility index (Phi) is 6.26. The van der Waals surface area contributed by atoms with Crippen molar-refractivity contribution in [1.29, 1.82) is 0 Å². The van der Waals surface area contributed by atoms with Gasteiger partial charge in [0, 0.05) is 19.2 Å². The number of piperidine rings is 1. The van der Waals surface area contributed by atoms with Crippen molar-refractivity contribution < 1.29 is 9.59 Å². The molecule has 0 aromatic rings. The molecule has 1 saturated heterocycles. The zero-order valence-electron chi connectivity index (χ0n) is 14.6. The number of hydrogen-bond acceptors (Lipinski definition) is 4. The number of carbonyl (C=O) groups is 2. The summed E-state index contributed by atoms with van der Waals surface area (Å²) in [6, 6.07) is 0. The lowest BCUT2D eigenvalue weighted by atomic mass is 10.0. The molecule has 2 amide bonds. The van der Waals surface area contributed by atoms with Crippen LogP contribution in [0, 0.1) is 5.92 Å². The van der Waals surface area contributed by atoms with Crippen molar-refractivity contribution in [3.8, 4) is 0 Å². The molecule has 0 aromatic heterocycles. The number of likely N-dealkylation sites (tertiary alicyclic amines) is 1. The third-order valence-corrected chi connectivity index (χ3v) is 5.80. The van der Waals surface area contributed by atoms with Crippen molar-refractivity contribution in [3.63, 3.8) is 0 Å². The second kappa shape index (κ2) is 8.63. The highest BCUT2D eigenvalue weighted by molar-refractivity contribution is 8.05. The predicted octanol–water partition coefficient (Wildman–Crippen LogP) is 2.32. The average molecular weight is 359 g/mol. The van der Waals surface area contributed by atoms with E-state index in [4.69, 9.17) is 0 Å². The van der Waals surface area contributed by atoms with Crippen LogP contribution in [0.25, 0.3) is 0 Å². The van der Waals surface area contributed by atoms with Crippen LogP contribution in [-0.4, -0.2) is 53.9 Å². The lowest BCUT2D eigenvalue weighted by molar-refractivity contribution is -0.117. The summed E-state index contributed by atoms with van der Waals surface area (Å²) >= 11 is 1.39. The largest absolute Gasteiger partial charge is 0.352 e. The molecule has 1 fully saturated rings. The van der Waals surface area contributed by atoms with Gasteiger partial charge in [-0.2, -0.15) is 0 Å². The van der Waals surface area contributed by atoms with E-state index in [-0.39, 0.29) is 17.1 Å². The number of nitrogens with one attached hydrogen (secondary N) is 1. The van der Waals surface area contributed by atoms with Crippen LogP contribution in [0.2, 0.25) is 0 Å². The van der Waals surface area contributed by atoms with Crippen molar-refractivity contribution >= 4 is 29.3 Å². The maximum Gasteiger partial charge on any atom is 0.283 e. The van der Waals surface area contributed by atoms with Crippen molar-refractivity contribution in [2.24, 2.45) is 10.9 Å². The first-order valence-corrected chi connectivity index (χ1v) is 9.86. The van der Waals surface area contributed by atoms with Crippen LogP contribution in [0.3, 0.4) is 0 Å². The maximum atomic E-state index is 12.1. The summed E-state index contributed by atoms with van der Waals surface area (Å²) in [6.07, 6.45) is 12.5. The van der Waals surface area contributed by atoms with Crippen LogP contribution >= 0.6 is 11.8 Å². The van der Waals surface area contributed by atoms with E-state index in [0.29, 0.717) is 11.4 Å². The SMILES string of the molecule is CC1CCCN(CCCNC(=O)/C=C2\SC3C=CC=CC3=NC2=O)C1. The first-order chi connectivity index (χ1) is 12.1. The molecule has 0 aromatic carbocycles. The summed E-state index contributed by atoms with van der Waals surface area (Å²) < 4.78 is 0. The lowest BCUT2D eigenvalue weighted by Crippen LogP contribution is -2.36. The van der Waals surface area contributed by atoms with Gasteiger partial charge >= 0.3 is 0 Å². The van der Waals surface area contributed by atoms with E-state index < -0.39 is 0 Å². The molecular formula is C19H25N3O2S. The molecule has 25 heavy (non-hydrogen) atoms. The summed E-state index contributed by atoms with van der Waals surface area (Å²) in [4.78, 5) is 31.1. The highest BCUT2D eigenvalue weighted by Crippen LogP contribution is 2.31. The molecule has 6 heteroatoms. The molecule has 0 radical (unpaired) electrons. The fraction of sp³-hybridized carbons (Fsp3) is 0.526. The summed E-state index contributed by atoms with van der Waals surface area (Å²) in [5, 5.41) is 2.92. The Morgan fingerprint density at radius 2 is 2.36 bits per heavy atom. The second-order valence-electron chi connectivity index (χ2n) is 6.83. The van der Waals surface area contributed by atoms with Crippen molar-refractivity contribution in [2.45, 2.75) is 31.4 Å². The Hall–Kier alpha value is -1.66. The molecule has 2 heterocycles. The zero-order valence-corrected chi connectivity index (χ0v) is 15.4. The number of carbonyl (C=O) groups excluding carboxylic acids is 2. The molecular weight excluding hydrogens is 334 g/mol. The Labute approximate surface area is 153 Å². The quantitative estimate of drug-likeness (QED) is 0.604. The van der Waals surface area contributed by atoms with E-state index in [1.54, 1.807) is 0 Å². The van der Waals surface area contributed by atoms with Crippen molar-refractivity contribution in [1.82, 2.24) is 10.2 Å². The molecule has 1 N–H and O–H groups in total. The molecule has 134 valence electrons. The third kappa shape index (κ3) is 5.16. The Morgan fingerprint density at radius 1 is 1.48 bits per heavy atom. The molecule has 2 aliphatic heterocycles. The highest BCUT2D eigenvalue weighted by Gasteiger charge is 2.26. The van der Waals surface area contributed by atoms with Crippen LogP contribution in [0.4, 0.5) is 0 Å². The lowest BCUT2D eigenvalue weighted by Gasteiger charge is -2.30. The van der Waals surface area contributed by atoms with Gasteiger partial charge in [0.25, 0.3) is 5.91 Å². The van der Waals surface area contributed by atoms with E-state index in [0.717, 1.165) is 37.7 Å². The average Bonchev–Trinajstić information content (AvgIpc) is 2.59. The van der Waals surface area contributed by atoms with E-state index in [1.165, 1.54) is 30.7 Å². The van der Waals surface area contributed by atoms with Crippen LogP contribution in [0.15, 0.2) is 40.3 Å². The number of thioether (sulfide) groups is 1. The number of fused-ring (bicyclic) bond motifs is 1. The Morgan fingerprint density at radius 3 is 3.20 bits per heavy atom. The van der Waals surface area contributed by atoms with Crippen molar-refractivity contribution in [3.05, 3.63) is 35.3 Å². The Balaban J connectivity index is 1.43. The number of aliphatic imine (C=N–C) groups is 1. The summed E-state index contributed by atoms with van der Waals surface area (Å²) in [5.74, 6) is 0.238. The number of nitrogens with zero attached hydrogens (tertiary/aromatic N) is 2. The van der Waals surface area contributed by atoms with Gasteiger partial charge in [-0.05, 0) is 44.3 Å². The summed E-state index contributed by atoms with van der Waals surface area (Å²) in [5.41, 5.74) is 0.755. The van der Waals surface area contributed by atoms with E-state index in [1.807, 2.05) is 24.3 Å². The first-order valence-electron chi connectivity index (χ1n) is 8.98. The number of rotatable bonds is 5. The molecule has 2 unspecified atom stereocenters. The van der Waals surface area contributed by atoms with Gasteiger partial charge < -0.3 is 10.2 Å². The van der Waals surface area contributed by atoms with E-state index in [9.17, 15) is 9.59 Å². The van der Waals surface area contributed by atoms with E-state index >= 15 is 0 Å². The molecule has 0 spiro atoms. The van der Waals surface area contributed by atoms with Gasteiger partial charge in [0.15, 0.2) is 0 Å². The monoisotopic (exact) mass is 359 g/mol. The summed E-state index contributed by atoms with van der Waals surface area (Å²) in [6.45, 7) is 6.27. The molecule has 3 rings (SSSR count). The molecule has 0 bridgehead atoms. The number of hydrogen-bond donors (Lipinski definition) is 1. The molecule has 2 atom stereocenters. The molecule has 5 nitrogen and oxygen atoms in total. The van der Waals surface area contributed by atoms with Gasteiger partial charge in [0.1, 0.15) is 0 Å². The fourth-order valence-corrected chi connectivity index (χ4v) is 4.36. The minimum atomic E-state index is -0.325. The third-order valence-electron chi connectivity index (χ3n) is 4.60. The highest BCUT2D eigenvalue weighted by atomic mass is 32.2. The first kappa shape index (κ1) is 18.1. The topological polar surface area (TPSA) is 61.8 Å². The number of amides is 2.